The summed E-state index contributed by atoms with van der Waals surface area (Å²) in [7, 11) is 0. The van der Waals surface area contributed by atoms with Crippen LogP contribution in [0.15, 0.2) is 42.5 Å². The standard InChI is InChI=1S/C23H24F3N3O2/c1-15-4-7-18(8-5-15)29-14-16(12-21(29)30)22(31)27-19-13-17(23(24,25)26)6-9-20(19)28-10-2-3-11-28/h4-9,13,16H,2-3,10-12,14H2,1H3,(H,27,31)/t16-/m1/s1. The van der Waals surface area contributed by atoms with Crippen molar-refractivity contribution >= 4 is 28.9 Å². The van der Waals surface area contributed by atoms with Gasteiger partial charge in [-0.3, -0.25) is 9.59 Å². The zero-order valence-corrected chi connectivity index (χ0v) is 17.2. The zero-order valence-electron chi connectivity index (χ0n) is 17.2. The third-order valence-electron chi connectivity index (χ3n) is 5.87. The molecule has 31 heavy (non-hydrogen) atoms. The number of alkyl halides is 3. The summed E-state index contributed by atoms with van der Waals surface area (Å²) in [6.07, 6.45) is -2.57. The lowest BCUT2D eigenvalue weighted by molar-refractivity contribution is -0.137. The molecule has 2 aromatic carbocycles. The highest BCUT2D eigenvalue weighted by Gasteiger charge is 2.36. The molecule has 2 heterocycles. The van der Waals surface area contributed by atoms with E-state index in [2.05, 4.69) is 5.32 Å². The van der Waals surface area contributed by atoms with Crippen molar-refractivity contribution in [2.24, 2.45) is 5.92 Å². The lowest BCUT2D eigenvalue weighted by Gasteiger charge is -2.23. The molecule has 2 fully saturated rings. The Balaban J connectivity index is 1.54. The monoisotopic (exact) mass is 431 g/mol. The summed E-state index contributed by atoms with van der Waals surface area (Å²) in [5, 5.41) is 2.68. The van der Waals surface area contributed by atoms with E-state index in [0.29, 0.717) is 11.4 Å². The van der Waals surface area contributed by atoms with E-state index in [1.54, 1.807) is 4.90 Å². The molecule has 2 amide bonds. The Morgan fingerprint density at radius 1 is 1.06 bits per heavy atom. The number of rotatable bonds is 4. The molecule has 2 aromatic rings. The van der Waals surface area contributed by atoms with Crippen molar-refractivity contribution < 1.29 is 22.8 Å². The number of nitrogens with zero attached hydrogens (tertiary/aromatic N) is 2. The molecule has 1 N–H and O–H groups in total. The maximum Gasteiger partial charge on any atom is 0.416 e. The second kappa shape index (κ2) is 8.24. The molecule has 2 saturated heterocycles. The maximum absolute atomic E-state index is 13.3. The summed E-state index contributed by atoms with van der Waals surface area (Å²) in [6, 6.07) is 10.9. The Labute approximate surface area is 178 Å². The second-order valence-electron chi connectivity index (χ2n) is 8.15. The van der Waals surface area contributed by atoms with E-state index in [4.69, 9.17) is 0 Å². The molecule has 8 heteroatoms. The Morgan fingerprint density at radius 3 is 2.39 bits per heavy atom. The van der Waals surface area contributed by atoms with Gasteiger partial charge in [-0.1, -0.05) is 17.7 Å². The number of halogens is 3. The molecule has 0 unspecified atom stereocenters. The summed E-state index contributed by atoms with van der Waals surface area (Å²) < 4.78 is 39.8. The van der Waals surface area contributed by atoms with Gasteiger partial charge in [-0.05, 0) is 50.1 Å². The molecular formula is C23H24F3N3O2. The molecule has 0 aromatic heterocycles. The number of carbonyl (C=O) groups excluding carboxylic acids is 2. The first kappa shape index (κ1) is 21.2. The molecule has 1 atom stereocenters. The lowest BCUT2D eigenvalue weighted by atomic mass is 10.1. The van der Waals surface area contributed by atoms with Crippen LogP contribution in [0.25, 0.3) is 0 Å². The van der Waals surface area contributed by atoms with E-state index in [9.17, 15) is 22.8 Å². The SMILES string of the molecule is Cc1ccc(N2C[C@H](C(=O)Nc3cc(C(F)(F)F)ccc3N3CCCC3)CC2=O)cc1. The second-order valence-corrected chi connectivity index (χ2v) is 8.15. The van der Waals surface area contributed by atoms with Crippen LogP contribution in [0.2, 0.25) is 0 Å². The molecule has 0 radical (unpaired) electrons. The van der Waals surface area contributed by atoms with E-state index < -0.39 is 23.6 Å². The number of nitrogens with one attached hydrogen (secondary N) is 1. The van der Waals surface area contributed by atoms with Crippen LogP contribution < -0.4 is 15.1 Å². The van der Waals surface area contributed by atoms with Crippen molar-refractivity contribution in [1.29, 1.82) is 0 Å². The molecular weight excluding hydrogens is 407 g/mol. The van der Waals surface area contributed by atoms with E-state index in [0.717, 1.165) is 43.6 Å². The van der Waals surface area contributed by atoms with Gasteiger partial charge >= 0.3 is 6.18 Å². The van der Waals surface area contributed by atoms with Crippen molar-refractivity contribution in [2.75, 3.05) is 34.8 Å². The fraction of sp³-hybridized carbons (Fsp3) is 0.391. The van der Waals surface area contributed by atoms with Crippen LogP contribution in [0.5, 0.6) is 0 Å². The number of hydrogen-bond acceptors (Lipinski definition) is 3. The number of hydrogen-bond donors (Lipinski definition) is 1. The number of aryl methyl sites for hydroxylation is 1. The van der Waals surface area contributed by atoms with Gasteiger partial charge in [-0.15, -0.1) is 0 Å². The average molecular weight is 431 g/mol. The predicted molar refractivity (Wildman–Crippen MR) is 113 cm³/mol. The lowest BCUT2D eigenvalue weighted by Crippen LogP contribution is -2.29. The summed E-state index contributed by atoms with van der Waals surface area (Å²) in [6.45, 7) is 3.61. The average Bonchev–Trinajstić information content (AvgIpc) is 3.38. The third-order valence-corrected chi connectivity index (χ3v) is 5.87. The molecule has 0 aliphatic carbocycles. The van der Waals surface area contributed by atoms with Gasteiger partial charge < -0.3 is 15.1 Å². The third kappa shape index (κ3) is 4.52. The van der Waals surface area contributed by atoms with Crippen molar-refractivity contribution in [1.82, 2.24) is 0 Å². The van der Waals surface area contributed by atoms with Crippen LogP contribution >= 0.6 is 0 Å². The van der Waals surface area contributed by atoms with Gasteiger partial charge in [-0.2, -0.15) is 13.2 Å². The Morgan fingerprint density at radius 2 is 1.74 bits per heavy atom. The maximum atomic E-state index is 13.3. The first-order valence-electron chi connectivity index (χ1n) is 10.4. The fourth-order valence-corrected chi connectivity index (χ4v) is 4.14. The summed E-state index contributed by atoms with van der Waals surface area (Å²) >= 11 is 0. The van der Waals surface area contributed by atoms with E-state index in [1.165, 1.54) is 6.07 Å². The highest BCUT2D eigenvalue weighted by atomic mass is 19.4. The van der Waals surface area contributed by atoms with Crippen LogP contribution in [0.1, 0.15) is 30.4 Å². The Hall–Kier alpha value is -3.03. The Kier molecular flexibility index (Phi) is 5.64. The van der Waals surface area contributed by atoms with Crippen LogP contribution in [0, 0.1) is 12.8 Å². The zero-order chi connectivity index (χ0) is 22.2. The number of amides is 2. The molecule has 4 rings (SSSR count). The number of anilines is 3. The van der Waals surface area contributed by atoms with Crippen molar-refractivity contribution in [3.8, 4) is 0 Å². The molecule has 0 bridgehead atoms. The normalized spacial score (nSPS) is 19.2. The van der Waals surface area contributed by atoms with Gasteiger partial charge in [0.2, 0.25) is 11.8 Å². The van der Waals surface area contributed by atoms with Crippen LogP contribution in [-0.4, -0.2) is 31.4 Å². The minimum Gasteiger partial charge on any atom is -0.370 e. The van der Waals surface area contributed by atoms with Gasteiger partial charge in [0.1, 0.15) is 0 Å². The minimum atomic E-state index is -4.51. The topological polar surface area (TPSA) is 52.7 Å². The molecule has 164 valence electrons. The minimum absolute atomic E-state index is 0.0255. The van der Waals surface area contributed by atoms with Gasteiger partial charge in [-0.25, -0.2) is 0 Å². The Bertz CT molecular complexity index is 983. The van der Waals surface area contributed by atoms with Crippen LogP contribution in [0.4, 0.5) is 30.2 Å². The van der Waals surface area contributed by atoms with E-state index >= 15 is 0 Å². The fourth-order valence-electron chi connectivity index (χ4n) is 4.14. The summed E-state index contributed by atoms with van der Waals surface area (Å²) in [5.74, 6) is -1.25. The van der Waals surface area contributed by atoms with Crippen molar-refractivity contribution in [3.05, 3.63) is 53.6 Å². The smallest absolute Gasteiger partial charge is 0.370 e. The first-order valence-corrected chi connectivity index (χ1v) is 10.4. The predicted octanol–water partition coefficient (Wildman–Crippen LogP) is 4.61. The highest BCUT2D eigenvalue weighted by Crippen LogP contribution is 2.37. The summed E-state index contributed by atoms with van der Waals surface area (Å²) in [4.78, 5) is 28.9. The van der Waals surface area contributed by atoms with Crippen LogP contribution in [0.3, 0.4) is 0 Å². The summed E-state index contributed by atoms with van der Waals surface area (Å²) in [5.41, 5.74) is 1.68. The van der Waals surface area contributed by atoms with E-state index in [1.807, 2.05) is 36.1 Å². The number of carbonyl (C=O) groups is 2. The first-order chi connectivity index (χ1) is 14.7. The number of benzene rings is 2. The largest absolute Gasteiger partial charge is 0.416 e. The van der Waals surface area contributed by atoms with Crippen molar-refractivity contribution in [3.63, 3.8) is 0 Å². The van der Waals surface area contributed by atoms with Crippen molar-refractivity contribution in [2.45, 2.75) is 32.4 Å². The van der Waals surface area contributed by atoms with E-state index in [-0.39, 0.29) is 24.6 Å². The van der Waals surface area contributed by atoms with Crippen LogP contribution in [-0.2, 0) is 15.8 Å². The van der Waals surface area contributed by atoms with Gasteiger partial charge in [0.05, 0.1) is 22.9 Å². The van der Waals surface area contributed by atoms with Gasteiger partial charge in [0.15, 0.2) is 0 Å². The molecule has 0 spiro atoms. The van der Waals surface area contributed by atoms with Gasteiger partial charge in [0, 0.05) is 31.7 Å². The molecule has 2 aliphatic rings. The molecule has 5 nitrogen and oxygen atoms in total. The molecule has 0 saturated carbocycles. The quantitative estimate of drug-likeness (QED) is 0.770. The van der Waals surface area contributed by atoms with Gasteiger partial charge in [0.25, 0.3) is 0 Å². The highest BCUT2D eigenvalue weighted by molar-refractivity contribution is 6.04. The molecule has 2 aliphatic heterocycles.